The molecule has 0 bridgehead atoms. The lowest BCUT2D eigenvalue weighted by Crippen LogP contribution is -2.12. The number of nitrogens with one attached hydrogen (secondary N) is 1. The van der Waals surface area contributed by atoms with Crippen LogP contribution in [0.3, 0.4) is 0 Å². The van der Waals surface area contributed by atoms with E-state index in [4.69, 9.17) is 4.52 Å². The highest BCUT2D eigenvalue weighted by molar-refractivity contribution is 5.86. The van der Waals surface area contributed by atoms with Gasteiger partial charge in [0.2, 0.25) is 11.5 Å². The number of aldehydes is 1. The van der Waals surface area contributed by atoms with E-state index < -0.39 is 0 Å². The lowest BCUT2D eigenvalue weighted by Gasteiger charge is -2.16. The number of para-hydroxylation sites is 1. The number of aromatic nitrogens is 5. The van der Waals surface area contributed by atoms with Gasteiger partial charge in [0.25, 0.3) is 0 Å². The van der Waals surface area contributed by atoms with Crippen molar-refractivity contribution in [2.75, 3.05) is 0 Å². The third kappa shape index (κ3) is 3.29. The molecule has 0 saturated heterocycles. The second-order valence-electron chi connectivity index (χ2n) is 8.20. The van der Waals surface area contributed by atoms with Gasteiger partial charge < -0.3 is 4.52 Å². The third-order valence-electron chi connectivity index (χ3n) is 4.91. The molecule has 1 N–H and O–H groups in total. The average Bonchev–Trinajstić information content (AvgIpc) is 3.45. The van der Waals surface area contributed by atoms with Crippen molar-refractivity contribution in [3.8, 4) is 11.4 Å². The second kappa shape index (κ2) is 6.98. The molecule has 0 unspecified atom stereocenters. The molecule has 2 aromatic carbocycles. The number of carbonyl (C=O) groups is 1. The maximum absolute atomic E-state index is 11.1. The zero-order valence-corrected chi connectivity index (χ0v) is 17.2. The van der Waals surface area contributed by atoms with Crippen LogP contribution >= 0.6 is 0 Å². The van der Waals surface area contributed by atoms with Gasteiger partial charge in [-0.2, -0.15) is 4.63 Å². The van der Waals surface area contributed by atoms with Gasteiger partial charge in [-0.05, 0) is 18.2 Å². The Morgan fingerprint density at radius 3 is 2.74 bits per heavy atom. The van der Waals surface area contributed by atoms with Gasteiger partial charge in [-0.15, -0.1) is 15.3 Å². The van der Waals surface area contributed by atoms with Crippen LogP contribution in [0.5, 0.6) is 0 Å². The SMILES string of the molecule is CC(C)(C)c1[nH]n2nc(-c3cccc(C=O)c3)nc2c1N=Nc1noc2ccccc12. The summed E-state index contributed by atoms with van der Waals surface area (Å²) in [6, 6.07) is 14.6. The van der Waals surface area contributed by atoms with E-state index in [1.54, 1.807) is 22.8 Å². The summed E-state index contributed by atoms with van der Waals surface area (Å²) in [6.45, 7) is 6.20. The number of azo groups is 1. The van der Waals surface area contributed by atoms with E-state index in [0.717, 1.165) is 22.9 Å². The Kier molecular flexibility index (Phi) is 4.25. The van der Waals surface area contributed by atoms with E-state index in [2.05, 4.69) is 51.3 Å². The first-order valence-corrected chi connectivity index (χ1v) is 9.75. The topological polar surface area (TPSA) is 114 Å². The van der Waals surface area contributed by atoms with Crippen molar-refractivity contribution in [3.63, 3.8) is 0 Å². The first kappa shape index (κ1) is 18.9. The molecule has 3 heterocycles. The molecule has 5 rings (SSSR count). The highest BCUT2D eigenvalue weighted by Gasteiger charge is 2.26. The van der Waals surface area contributed by atoms with Crippen molar-refractivity contribution in [2.45, 2.75) is 26.2 Å². The fourth-order valence-electron chi connectivity index (χ4n) is 3.35. The minimum Gasteiger partial charge on any atom is -0.354 e. The summed E-state index contributed by atoms with van der Waals surface area (Å²) >= 11 is 0. The predicted octanol–water partition coefficient (Wildman–Crippen LogP) is 5.39. The highest BCUT2D eigenvalue weighted by atomic mass is 16.5. The molecule has 31 heavy (non-hydrogen) atoms. The van der Waals surface area contributed by atoms with Gasteiger partial charge in [0.05, 0.1) is 11.1 Å². The van der Waals surface area contributed by atoms with E-state index in [-0.39, 0.29) is 5.41 Å². The zero-order valence-electron chi connectivity index (χ0n) is 17.2. The Morgan fingerprint density at radius 2 is 1.94 bits per heavy atom. The van der Waals surface area contributed by atoms with Crippen molar-refractivity contribution in [1.82, 2.24) is 25.0 Å². The number of nitrogens with zero attached hydrogens (tertiary/aromatic N) is 6. The Morgan fingerprint density at radius 1 is 1.10 bits per heavy atom. The fraction of sp³-hybridized carbons (Fsp3) is 0.182. The molecule has 0 aliphatic rings. The molecule has 0 saturated carbocycles. The molecule has 9 nitrogen and oxygen atoms in total. The molecule has 0 aliphatic heterocycles. The summed E-state index contributed by atoms with van der Waals surface area (Å²) in [5.74, 6) is 0.881. The van der Waals surface area contributed by atoms with Crippen molar-refractivity contribution in [3.05, 3.63) is 59.8 Å². The minimum absolute atomic E-state index is 0.250. The molecular weight excluding hydrogens is 394 g/mol. The molecule has 0 aliphatic carbocycles. The fourth-order valence-corrected chi connectivity index (χ4v) is 3.35. The van der Waals surface area contributed by atoms with Crippen LogP contribution in [-0.2, 0) is 5.41 Å². The van der Waals surface area contributed by atoms with Gasteiger partial charge in [0, 0.05) is 16.5 Å². The van der Waals surface area contributed by atoms with Crippen LogP contribution in [0.2, 0.25) is 0 Å². The lowest BCUT2D eigenvalue weighted by molar-refractivity contribution is 0.112. The molecule has 0 atom stereocenters. The van der Waals surface area contributed by atoms with Crippen molar-refractivity contribution in [1.29, 1.82) is 0 Å². The Balaban J connectivity index is 1.64. The van der Waals surface area contributed by atoms with Crippen LogP contribution in [0.25, 0.3) is 28.0 Å². The second-order valence-corrected chi connectivity index (χ2v) is 8.20. The van der Waals surface area contributed by atoms with Crippen LogP contribution in [0.1, 0.15) is 36.8 Å². The highest BCUT2D eigenvalue weighted by Crippen LogP contribution is 2.36. The predicted molar refractivity (Wildman–Crippen MR) is 115 cm³/mol. The van der Waals surface area contributed by atoms with Gasteiger partial charge in [0.1, 0.15) is 6.29 Å². The van der Waals surface area contributed by atoms with E-state index in [0.29, 0.717) is 34.1 Å². The van der Waals surface area contributed by atoms with E-state index in [1.165, 1.54) is 0 Å². The maximum Gasteiger partial charge on any atom is 0.224 e. The van der Waals surface area contributed by atoms with E-state index >= 15 is 0 Å². The molecule has 3 aromatic heterocycles. The number of aromatic amines is 1. The number of fused-ring (bicyclic) bond motifs is 2. The van der Waals surface area contributed by atoms with Crippen molar-refractivity contribution >= 4 is 34.4 Å². The molecule has 0 fully saturated rings. The molecule has 9 heteroatoms. The van der Waals surface area contributed by atoms with Crippen LogP contribution in [0, 0.1) is 0 Å². The van der Waals surface area contributed by atoms with E-state index in [9.17, 15) is 4.79 Å². The average molecular weight is 413 g/mol. The standard InChI is InChI=1S/C22H19N7O2/c1-22(2,3)18-17(24-25-20-15-9-4-5-10-16(15)31-28-20)21-23-19(27-29(21)26-18)14-8-6-7-13(11-14)12-30/h4-12,26H,1-3H3. The summed E-state index contributed by atoms with van der Waals surface area (Å²) in [7, 11) is 0. The first-order valence-electron chi connectivity index (χ1n) is 9.75. The van der Waals surface area contributed by atoms with Crippen molar-refractivity contribution < 1.29 is 9.32 Å². The Labute approximate surface area is 176 Å². The molecule has 5 aromatic rings. The zero-order chi connectivity index (χ0) is 21.6. The van der Waals surface area contributed by atoms with Gasteiger partial charge in [0.15, 0.2) is 17.1 Å². The number of hydrogen-bond donors (Lipinski definition) is 1. The number of rotatable bonds is 4. The van der Waals surface area contributed by atoms with E-state index in [1.807, 2.05) is 30.3 Å². The van der Waals surface area contributed by atoms with Gasteiger partial charge in [-0.3, -0.25) is 9.89 Å². The van der Waals surface area contributed by atoms with Crippen LogP contribution < -0.4 is 0 Å². The third-order valence-corrected chi connectivity index (χ3v) is 4.91. The summed E-state index contributed by atoms with van der Waals surface area (Å²) < 4.78 is 6.90. The Hall–Kier alpha value is -4.14. The molecule has 0 spiro atoms. The van der Waals surface area contributed by atoms with Crippen LogP contribution in [-0.4, -0.2) is 31.3 Å². The summed E-state index contributed by atoms with van der Waals surface area (Å²) in [5, 5.41) is 21.4. The number of H-pyrrole nitrogens is 1. The van der Waals surface area contributed by atoms with Crippen molar-refractivity contribution in [2.24, 2.45) is 10.2 Å². The summed E-state index contributed by atoms with van der Waals surface area (Å²) in [6.07, 6.45) is 0.797. The lowest BCUT2D eigenvalue weighted by atomic mass is 9.91. The molecular formula is C22H19N7O2. The molecule has 0 radical (unpaired) electrons. The summed E-state index contributed by atoms with van der Waals surface area (Å²) in [4.78, 5) is 15.8. The number of benzene rings is 2. The smallest absolute Gasteiger partial charge is 0.224 e. The summed E-state index contributed by atoms with van der Waals surface area (Å²) in [5.41, 5.74) is 3.64. The number of hydrogen-bond acceptors (Lipinski definition) is 7. The normalized spacial score (nSPS) is 12.4. The maximum atomic E-state index is 11.1. The van der Waals surface area contributed by atoms with Gasteiger partial charge in [-0.1, -0.05) is 56.3 Å². The van der Waals surface area contributed by atoms with Gasteiger partial charge >= 0.3 is 0 Å². The minimum atomic E-state index is -0.250. The largest absolute Gasteiger partial charge is 0.354 e. The molecule has 154 valence electrons. The monoisotopic (exact) mass is 413 g/mol. The first-order chi connectivity index (χ1) is 14.9. The number of carbonyl (C=O) groups excluding carboxylic acids is 1. The Bertz CT molecular complexity index is 1450. The molecule has 0 amide bonds. The van der Waals surface area contributed by atoms with Crippen LogP contribution in [0.4, 0.5) is 11.5 Å². The quantitative estimate of drug-likeness (QED) is 0.313. The van der Waals surface area contributed by atoms with Gasteiger partial charge in [-0.25, -0.2) is 4.98 Å². The van der Waals surface area contributed by atoms with Crippen LogP contribution in [0.15, 0.2) is 63.3 Å².